The Bertz CT molecular complexity index is 247. The molecule has 0 radical (unpaired) electrons. The third-order valence-corrected chi connectivity index (χ3v) is 0.970. The van der Waals surface area contributed by atoms with Crippen LogP contribution in [-0.2, 0) is 0 Å². The summed E-state index contributed by atoms with van der Waals surface area (Å²) in [7, 11) is 0. The van der Waals surface area contributed by atoms with E-state index in [2.05, 4.69) is 4.99 Å². The van der Waals surface area contributed by atoms with Crippen LogP contribution in [0.3, 0.4) is 0 Å². The minimum absolute atomic E-state index is 0.296. The van der Waals surface area contributed by atoms with E-state index in [1.807, 2.05) is 0 Å². The van der Waals surface area contributed by atoms with E-state index in [-0.39, 0.29) is 0 Å². The van der Waals surface area contributed by atoms with Gasteiger partial charge in [0.2, 0.25) is 5.88 Å². The second-order valence-corrected chi connectivity index (χ2v) is 1.92. The first-order valence-corrected chi connectivity index (χ1v) is 2.84. The van der Waals surface area contributed by atoms with Gasteiger partial charge in [-0.15, -0.1) is 0 Å². The van der Waals surface area contributed by atoms with Gasteiger partial charge in [-0.2, -0.15) is 0 Å². The van der Waals surface area contributed by atoms with E-state index in [9.17, 15) is 0 Å². The van der Waals surface area contributed by atoms with Crippen LogP contribution in [0.5, 0.6) is 0 Å². The van der Waals surface area contributed by atoms with E-state index in [4.69, 9.17) is 15.9 Å². The molecule has 1 rings (SSSR count). The Hall–Kier alpha value is -1.45. The second kappa shape index (κ2) is 2.43. The largest absolute Gasteiger partial charge is 0.447 e. The molecule has 54 valence electrons. The van der Waals surface area contributed by atoms with Gasteiger partial charge in [-0.1, -0.05) is 0 Å². The molecule has 1 aromatic heterocycles. The van der Waals surface area contributed by atoms with Crippen LogP contribution in [0.2, 0.25) is 0 Å². The van der Waals surface area contributed by atoms with Crippen LogP contribution in [0.1, 0.15) is 6.92 Å². The summed E-state index contributed by atoms with van der Waals surface area (Å²) in [6.45, 7) is 1.69. The van der Waals surface area contributed by atoms with Crippen molar-refractivity contribution in [1.29, 1.82) is 0 Å². The van der Waals surface area contributed by atoms with Crippen molar-refractivity contribution >= 4 is 17.4 Å². The zero-order valence-corrected chi connectivity index (χ0v) is 5.66. The van der Waals surface area contributed by atoms with E-state index >= 15 is 0 Å². The van der Waals surface area contributed by atoms with Gasteiger partial charge in [-0.3, -0.25) is 0 Å². The Morgan fingerprint density at radius 2 is 2.40 bits per heavy atom. The highest BCUT2D eigenvalue weighted by atomic mass is 16.3. The van der Waals surface area contributed by atoms with Crippen molar-refractivity contribution in [3.63, 3.8) is 0 Å². The third-order valence-electron chi connectivity index (χ3n) is 0.970. The summed E-state index contributed by atoms with van der Waals surface area (Å²) in [6, 6.07) is 1.66. The Kier molecular flexibility index (Phi) is 1.62. The molecule has 0 aliphatic carbocycles. The number of hydrogen-bond donors (Lipinski definition) is 2. The molecule has 0 aliphatic rings. The minimum Gasteiger partial charge on any atom is -0.447 e. The maximum absolute atomic E-state index is 5.36. The summed E-state index contributed by atoms with van der Waals surface area (Å²) in [6.07, 6.45) is 1.47. The predicted molar refractivity (Wildman–Crippen MR) is 40.1 cm³/mol. The predicted octanol–water partition coefficient (Wildman–Crippen LogP) is 0.870. The molecule has 0 amide bonds. The fraction of sp³-hybridized carbons (Fsp3) is 0.167. The van der Waals surface area contributed by atoms with Crippen LogP contribution in [0, 0.1) is 0 Å². The summed E-state index contributed by atoms with van der Waals surface area (Å²) >= 11 is 0. The summed E-state index contributed by atoms with van der Waals surface area (Å²) in [5, 5.41) is 0. The lowest BCUT2D eigenvalue weighted by atomic mass is 10.5. The summed E-state index contributed by atoms with van der Waals surface area (Å²) in [5.41, 5.74) is 11.2. The number of aliphatic imine (C=N–C) groups is 1. The molecule has 4 heteroatoms. The van der Waals surface area contributed by atoms with E-state index < -0.39 is 0 Å². The second-order valence-electron chi connectivity index (χ2n) is 1.92. The molecule has 4 N–H and O–H groups in total. The lowest BCUT2D eigenvalue weighted by Crippen LogP contribution is -2.03. The smallest absolute Gasteiger partial charge is 0.216 e. The molecule has 0 saturated carbocycles. The van der Waals surface area contributed by atoms with Gasteiger partial charge in [0.15, 0.2) is 0 Å². The van der Waals surface area contributed by atoms with Crippen molar-refractivity contribution in [2.75, 3.05) is 5.73 Å². The number of hydrogen-bond acceptors (Lipinski definition) is 3. The molecule has 0 aliphatic heterocycles. The first-order chi connectivity index (χ1) is 4.70. The fourth-order valence-corrected chi connectivity index (χ4v) is 0.597. The quantitative estimate of drug-likeness (QED) is 0.447. The normalized spacial score (nSPS) is 11.9. The maximum Gasteiger partial charge on any atom is 0.216 e. The molecular weight excluding hydrogens is 130 g/mol. The molecule has 0 saturated heterocycles. The minimum atomic E-state index is 0.296. The fourth-order valence-electron chi connectivity index (χ4n) is 0.597. The maximum atomic E-state index is 5.36. The van der Waals surface area contributed by atoms with Crippen molar-refractivity contribution in [3.8, 4) is 0 Å². The Morgan fingerprint density at radius 3 is 2.80 bits per heavy atom. The van der Waals surface area contributed by atoms with Crippen molar-refractivity contribution < 1.29 is 4.42 Å². The molecule has 0 bridgehead atoms. The summed E-state index contributed by atoms with van der Waals surface area (Å²) in [5.74, 6) is 0.762. The van der Waals surface area contributed by atoms with E-state index in [0.717, 1.165) is 0 Å². The molecule has 0 atom stereocenters. The van der Waals surface area contributed by atoms with Crippen LogP contribution in [0.25, 0.3) is 0 Å². The van der Waals surface area contributed by atoms with E-state index in [1.165, 1.54) is 6.26 Å². The molecule has 1 aromatic rings. The highest BCUT2D eigenvalue weighted by molar-refractivity contribution is 5.82. The topological polar surface area (TPSA) is 77.5 Å². The Morgan fingerprint density at radius 1 is 1.70 bits per heavy atom. The molecule has 0 fully saturated rings. The molecule has 10 heavy (non-hydrogen) atoms. The molecule has 0 spiro atoms. The Balaban J connectivity index is 2.95. The number of rotatable bonds is 1. The zero-order valence-electron chi connectivity index (χ0n) is 5.66. The molecule has 1 heterocycles. The lowest BCUT2D eigenvalue weighted by molar-refractivity contribution is 0.588. The summed E-state index contributed by atoms with van der Waals surface area (Å²) < 4.78 is 4.78. The highest BCUT2D eigenvalue weighted by Gasteiger charge is 1.97. The summed E-state index contributed by atoms with van der Waals surface area (Å²) in [4.78, 5) is 3.89. The first kappa shape index (κ1) is 6.67. The standard InChI is InChI=1S/C6H9N3O/c1-4(7)9-5-2-3-10-6(5)8/h2-3H,8H2,1H3,(H2,7,9). The SMILES string of the molecule is CC(N)=Nc1ccoc1N. The molecule has 0 unspecified atom stereocenters. The van der Waals surface area contributed by atoms with Gasteiger partial charge in [0, 0.05) is 6.07 Å². The highest BCUT2D eigenvalue weighted by Crippen LogP contribution is 2.21. The molecular formula is C6H9N3O. The number of furan rings is 1. The first-order valence-electron chi connectivity index (χ1n) is 2.84. The van der Waals surface area contributed by atoms with Gasteiger partial charge in [-0.25, -0.2) is 4.99 Å². The number of nitrogens with two attached hydrogens (primary N) is 2. The van der Waals surface area contributed by atoms with Crippen LogP contribution >= 0.6 is 0 Å². The van der Waals surface area contributed by atoms with Crippen molar-refractivity contribution in [2.45, 2.75) is 6.92 Å². The average Bonchev–Trinajstić information content (AvgIpc) is 2.15. The monoisotopic (exact) mass is 139 g/mol. The van der Waals surface area contributed by atoms with Crippen LogP contribution < -0.4 is 11.5 Å². The van der Waals surface area contributed by atoms with E-state index in [0.29, 0.717) is 17.4 Å². The van der Waals surface area contributed by atoms with Crippen molar-refractivity contribution in [2.24, 2.45) is 10.7 Å². The van der Waals surface area contributed by atoms with Crippen LogP contribution in [0.15, 0.2) is 21.7 Å². The van der Waals surface area contributed by atoms with Crippen LogP contribution in [-0.4, -0.2) is 5.84 Å². The molecule has 0 aromatic carbocycles. The number of nitrogens with zero attached hydrogens (tertiary/aromatic N) is 1. The lowest BCUT2D eigenvalue weighted by Gasteiger charge is -1.89. The van der Waals surface area contributed by atoms with Gasteiger partial charge in [0.1, 0.15) is 5.69 Å². The molecule has 4 nitrogen and oxygen atoms in total. The van der Waals surface area contributed by atoms with Crippen molar-refractivity contribution in [1.82, 2.24) is 0 Å². The van der Waals surface area contributed by atoms with Crippen molar-refractivity contribution in [3.05, 3.63) is 12.3 Å². The Labute approximate surface area is 58.5 Å². The van der Waals surface area contributed by atoms with Gasteiger partial charge < -0.3 is 15.9 Å². The van der Waals surface area contributed by atoms with Gasteiger partial charge >= 0.3 is 0 Å². The number of nitrogen functional groups attached to an aromatic ring is 1. The number of anilines is 1. The van der Waals surface area contributed by atoms with Gasteiger partial charge in [0.05, 0.1) is 12.1 Å². The number of amidine groups is 1. The van der Waals surface area contributed by atoms with Crippen LogP contribution in [0.4, 0.5) is 11.6 Å². The third kappa shape index (κ3) is 1.28. The average molecular weight is 139 g/mol. The van der Waals surface area contributed by atoms with Gasteiger partial charge in [-0.05, 0) is 6.92 Å². The van der Waals surface area contributed by atoms with E-state index in [1.54, 1.807) is 13.0 Å². The van der Waals surface area contributed by atoms with Gasteiger partial charge in [0.25, 0.3) is 0 Å². The zero-order chi connectivity index (χ0) is 7.56.